The van der Waals surface area contributed by atoms with Crippen molar-refractivity contribution in [2.24, 2.45) is 0 Å². The Labute approximate surface area is 95.3 Å². The van der Waals surface area contributed by atoms with Crippen molar-refractivity contribution in [2.45, 2.75) is 0 Å². The Bertz CT molecular complexity index is 419. The van der Waals surface area contributed by atoms with Gasteiger partial charge in [-0.05, 0) is 34.7 Å². The Morgan fingerprint density at radius 2 is 1.93 bits per heavy atom. The number of para-hydroxylation sites is 1. The minimum atomic E-state index is 0.590. The maximum Gasteiger partial charge on any atom is 0.235 e. The molecular formula is C10H7IN2O. The molecule has 0 radical (unpaired) electrons. The highest BCUT2D eigenvalue weighted by atomic mass is 127. The fourth-order valence-corrected chi connectivity index (χ4v) is 1.39. The highest BCUT2D eigenvalue weighted by molar-refractivity contribution is 14.1. The number of halogens is 1. The zero-order valence-corrected chi connectivity index (χ0v) is 9.38. The van der Waals surface area contributed by atoms with Gasteiger partial charge < -0.3 is 4.74 Å². The van der Waals surface area contributed by atoms with Crippen LogP contribution < -0.4 is 4.74 Å². The molecular weight excluding hydrogens is 291 g/mol. The van der Waals surface area contributed by atoms with E-state index in [0.717, 1.165) is 9.32 Å². The lowest BCUT2D eigenvalue weighted by Gasteiger charge is -2.04. The number of ether oxygens (including phenoxy) is 1. The van der Waals surface area contributed by atoms with Gasteiger partial charge in [0.25, 0.3) is 0 Å². The molecule has 1 aromatic heterocycles. The van der Waals surface area contributed by atoms with Crippen molar-refractivity contribution < 1.29 is 4.74 Å². The number of rotatable bonds is 2. The molecule has 0 aliphatic carbocycles. The molecule has 0 N–H and O–H groups in total. The summed E-state index contributed by atoms with van der Waals surface area (Å²) in [5, 5.41) is 0. The Morgan fingerprint density at radius 1 is 1.14 bits per heavy atom. The van der Waals surface area contributed by atoms with Crippen LogP contribution in [0.2, 0.25) is 0 Å². The lowest BCUT2D eigenvalue weighted by atomic mass is 10.3. The summed E-state index contributed by atoms with van der Waals surface area (Å²) in [5.74, 6) is 1.37. The molecule has 0 amide bonds. The fraction of sp³-hybridized carbons (Fsp3) is 0. The Morgan fingerprint density at radius 3 is 2.64 bits per heavy atom. The Kier molecular flexibility index (Phi) is 2.93. The first-order valence-electron chi connectivity index (χ1n) is 4.04. The van der Waals surface area contributed by atoms with Gasteiger partial charge in [0.05, 0.1) is 3.57 Å². The zero-order valence-electron chi connectivity index (χ0n) is 7.22. The standard InChI is InChI=1S/C10H7IN2O/c11-9-6-12-7-13-10(9)14-8-4-2-1-3-5-8/h1-7H. The maximum absolute atomic E-state index is 5.55. The average Bonchev–Trinajstić information content (AvgIpc) is 2.23. The summed E-state index contributed by atoms with van der Waals surface area (Å²) in [6.07, 6.45) is 3.19. The van der Waals surface area contributed by atoms with E-state index in [0.29, 0.717) is 5.88 Å². The molecule has 1 aromatic carbocycles. The predicted octanol–water partition coefficient (Wildman–Crippen LogP) is 2.87. The van der Waals surface area contributed by atoms with E-state index in [4.69, 9.17) is 4.74 Å². The van der Waals surface area contributed by atoms with Gasteiger partial charge >= 0.3 is 0 Å². The van der Waals surface area contributed by atoms with Gasteiger partial charge in [-0.1, -0.05) is 18.2 Å². The molecule has 14 heavy (non-hydrogen) atoms. The monoisotopic (exact) mass is 298 g/mol. The highest BCUT2D eigenvalue weighted by Gasteiger charge is 2.02. The van der Waals surface area contributed by atoms with Crippen LogP contribution in [-0.2, 0) is 0 Å². The predicted molar refractivity (Wildman–Crippen MR) is 61.3 cm³/mol. The Balaban J connectivity index is 2.24. The van der Waals surface area contributed by atoms with E-state index < -0.39 is 0 Å². The number of nitrogens with zero attached hydrogens (tertiary/aromatic N) is 2. The van der Waals surface area contributed by atoms with Gasteiger partial charge in [-0.2, -0.15) is 0 Å². The van der Waals surface area contributed by atoms with E-state index in [1.165, 1.54) is 6.33 Å². The van der Waals surface area contributed by atoms with Crippen LogP contribution in [0.15, 0.2) is 42.9 Å². The Hall–Kier alpha value is -1.17. The van der Waals surface area contributed by atoms with Gasteiger partial charge in [0, 0.05) is 6.20 Å². The molecule has 0 atom stereocenters. The van der Waals surface area contributed by atoms with E-state index in [1.54, 1.807) is 6.20 Å². The van der Waals surface area contributed by atoms with Gasteiger partial charge in [0.15, 0.2) is 0 Å². The molecule has 4 heteroatoms. The largest absolute Gasteiger partial charge is 0.438 e. The smallest absolute Gasteiger partial charge is 0.235 e. The molecule has 0 saturated carbocycles. The van der Waals surface area contributed by atoms with Crippen molar-refractivity contribution >= 4 is 22.6 Å². The van der Waals surface area contributed by atoms with Crippen molar-refractivity contribution in [1.29, 1.82) is 0 Å². The van der Waals surface area contributed by atoms with Crippen LogP contribution in [-0.4, -0.2) is 9.97 Å². The summed E-state index contributed by atoms with van der Waals surface area (Å²) in [7, 11) is 0. The summed E-state index contributed by atoms with van der Waals surface area (Å²) in [4.78, 5) is 7.92. The third-order valence-corrected chi connectivity index (χ3v) is 2.33. The number of aromatic nitrogens is 2. The van der Waals surface area contributed by atoms with Crippen LogP contribution in [0.5, 0.6) is 11.6 Å². The van der Waals surface area contributed by atoms with Crippen LogP contribution in [0.3, 0.4) is 0 Å². The molecule has 0 aliphatic heterocycles. The van der Waals surface area contributed by atoms with Crippen LogP contribution >= 0.6 is 22.6 Å². The molecule has 70 valence electrons. The highest BCUT2D eigenvalue weighted by Crippen LogP contribution is 2.22. The van der Waals surface area contributed by atoms with E-state index in [1.807, 2.05) is 30.3 Å². The van der Waals surface area contributed by atoms with Crippen molar-refractivity contribution in [3.05, 3.63) is 46.4 Å². The SMILES string of the molecule is Ic1cncnc1Oc1ccccc1. The average molecular weight is 298 g/mol. The van der Waals surface area contributed by atoms with Gasteiger partial charge in [-0.25, -0.2) is 9.97 Å². The number of benzene rings is 1. The molecule has 0 bridgehead atoms. The lowest BCUT2D eigenvalue weighted by Crippen LogP contribution is -1.91. The molecule has 0 unspecified atom stereocenters. The van der Waals surface area contributed by atoms with Crippen LogP contribution in [0.1, 0.15) is 0 Å². The van der Waals surface area contributed by atoms with Gasteiger partial charge in [-0.15, -0.1) is 0 Å². The summed E-state index contributed by atoms with van der Waals surface area (Å²) < 4.78 is 6.45. The molecule has 0 saturated heterocycles. The molecule has 0 fully saturated rings. The topological polar surface area (TPSA) is 35.0 Å². The normalized spacial score (nSPS) is 9.79. The van der Waals surface area contributed by atoms with Crippen LogP contribution in [0, 0.1) is 3.57 Å². The minimum absolute atomic E-state index is 0.590. The second-order valence-corrected chi connectivity index (χ2v) is 3.75. The number of hydrogen-bond acceptors (Lipinski definition) is 3. The maximum atomic E-state index is 5.55. The van der Waals surface area contributed by atoms with E-state index in [2.05, 4.69) is 32.6 Å². The lowest BCUT2D eigenvalue weighted by molar-refractivity contribution is 0.457. The van der Waals surface area contributed by atoms with E-state index >= 15 is 0 Å². The molecule has 2 aromatic rings. The molecule has 0 spiro atoms. The van der Waals surface area contributed by atoms with Crippen molar-refractivity contribution in [1.82, 2.24) is 9.97 Å². The second-order valence-electron chi connectivity index (χ2n) is 2.59. The first kappa shape index (κ1) is 9.39. The van der Waals surface area contributed by atoms with E-state index in [-0.39, 0.29) is 0 Å². The molecule has 3 nitrogen and oxygen atoms in total. The molecule has 0 aliphatic rings. The van der Waals surface area contributed by atoms with Crippen molar-refractivity contribution in [3.8, 4) is 11.6 Å². The third kappa shape index (κ3) is 2.20. The van der Waals surface area contributed by atoms with Gasteiger partial charge in [-0.3, -0.25) is 0 Å². The summed E-state index contributed by atoms with van der Waals surface area (Å²) >= 11 is 2.14. The molecule has 1 heterocycles. The second kappa shape index (κ2) is 4.36. The summed E-state index contributed by atoms with van der Waals surface area (Å²) in [6, 6.07) is 9.56. The summed E-state index contributed by atoms with van der Waals surface area (Å²) in [6.45, 7) is 0. The van der Waals surface area contributed by atoms with Crippen molar-refractivity contribution in [2.75, 3.05) is 0 Å². The van der Waals surface area contributed by atoms with Crippen molar-refractivity contribution in [3.63, 3.8) is 0 Å². The van der Waals surface area contributed by atoms with Gasteiger partial charge in [0.1, 0.15) is 12.1 Å². The third-order valence-electron chi connectivity index (χ3n) is 1.59. The molecule has 2 rings (SSSR count). The minimum Gasteiger partial charge on any atom is -0.438 e. The fourth-order valence-electron chi connectivity index (χ4n) is 0.977. The van der Waals surface area contributed by atoms with Crippen LogP contribution in [0.25, 0.3) is 0 Å². The first-order chi connectivity index (χ1) is 6.86. The van der Waals surface area contributed by atoms with Gasteiger partial charge in [0.2, 0.25) is 5.88 Å². The first-order valence-corrected chi connectivity index (χ1v) is 5.12. The van der Waals surface area contributed by atoms with E-state index in [9.17, 15) is 0 Å². The summed E-state index contributed by atoms with van der Waals surface area (Å²) in [5.41, 5.74) is 0. The quantitative estimate of drug-likeness (QED) is 0.800. The van der Waals surface area contributed by atoms with Crippen LogP contribution in [0.4, 0.5) is 0 Å². The zero-order chi connectivity index (χ0) is 9.80. The number of hydrogen-bond donors (Lipinski definition) is 0.